The Morgan fingerprint density at radius 1 is 1.15 bits per heavy atom. The first-order chi connectivity index (χ1) is 16.3. The lowest BCUT2D eigenvalue weighted by atomic mass is 9.87. The van der Waals surface area contributed by atoms with Crippen molar-refractivity contribution in [1.29, 1.82) is 0 Å². The van der Waals surface area contributed by atoms with Gasteiger partial charge < -0.3 is 9.84 Å². The lowest BCUT2D eigenvalue weighted by Gasteiger charge is -2.37. The van der Waals surface area contributed by atoms with Crippen molar-refractivity contribution in [2.45, 2.75) is 63.0 Å². The monoisotopic (exact) mass is 486 g/mol. The highest BCUT2D eigenvalue weighted by molar-refractivity contribution is 7.99. The Hall–Kier alpha value is -2.45. The fourth-order valence-corrected chi connectivity index (χ4v) is 5.61. The van der Waals surface area contributed by atoms with Crippen LogP contribution in [0.25, 0.3) is 10.8 Å². The molecule has 1 fully saturated rings. The predicted octanol–water partition coefficient (Wildman–Crippen LogP) is 5.69. The standard InChI is InChI=1S/C26H34N2O5S/c1-19-7-8-23-16-21(9-10-22(23)15-19)20(2)25(31)33-14-6-13-28(17-24(29)30)18-26(34-27-32)11-4-3-5-12-26/h7-10,15-16,20H,3-6,11-14,17-18H2,1-2H3,(H,29,30)/t20-/m0/s1. The number of aliphatic carboxylic acids is 1. The molecular weight excluding hydrogens is 452 g/mol. The van der Waals surface area contributed by atoms with E-state index in [1.54, 1.807) is 0 Å². The van der Waals surface area contributed by atoms with Crippen LogP contribution in [-0.2, 0) is 14.3 Å². The Labute approximate surface area is 205 Å². The van der Waals surface area contributed by atoms with Crippen molar-refractivity contribution < 1.29 is 19.4 Å². The van der Waals surface area contributed by atoms with E-state index in [4.69, 9.17) is 4.74 Å². The molecule has 8 heteroatoms. The van der Waals surface area contributed by atoms with Crippen LogP contribution in [0.3, 0.4) is 0 Å². The van der Waals surface area contributed by atoms with Crippen LogP contribution in [0.4, 0.5) is 0 Å². The molecule has 0 saturated heterocycles. The van der Waals surface area contributed by atoms with Crippen molar-refractivity contribution in [3.05, 3.63) is 52.4 Å². The fourth-order valence-electron chi connectivity index (χ4n) is 4.74. The highest BCUT2D eigenvalue weighted by atomic mass is 32.2. The molecule has 34 heavy (non-hydrogen) atoms. The molecule has 1 aliphatic carbocycles. The molecule has 0 spiro atoms. The van der Waals surface area contributed by atoms with Crippen LogP contribution in [0.5, 0.6) is 0 Å². The Balaban J connectivity index is 1.53. The molecule has 3 rings (SSSR count). The molecule has 1 saturated carbocycles. The van der Waals surface area contributed by atoms with Gasteiger partial charge in [-0.2, -0.15) is 0 Å². The number of rotatable bonds is 12. The molecule has 0 radical (unpaired) electrons. The summed E-state index contributed by atoms with van der Waals surface area (Å²) in [5.41, 5.74) is 2.10. The molecule has 0 aliphatic heterocycles. The molecule has 0 aromatic heterocycles. The van der Waals surface area contributed by atoms with E-state index in [1.165, 1.54) is 5.56 Å². The lowest BCUT2D eigenvalue weighted by Crippen LogP contribution is -2.44. The van der Waals surface area contributed by atoms with Gasteiger partial charge in [-0.1, -0.05) is 61.2 Å². The van der Waals surface area contributed by atoms with Crippen LogP contribution < -0.4 is 0 Å². The largest absolute Gasteiger partial charge is 0.480 e. The summed E-state index contributed by atoms with van der Waals surface area (Å²) in [6.07, 6.45) is 5.42. The van der Waals surface area contributed by atoms with Gasteiger partial charge in [-0.25, -0.2) is 0 Å². The quantitative estimate of drug-likeness (QED) is 0.178. The molecule has 7 nitrogen and oxygen atoms in total. The zero-order valence-electron chi connectivity index (χ0n) is 20.0. The molecule has 1 N–H and O–H groups in total. The first-order valence-corrected chi connectivity index (χ1v) is 12.7. The van der Waals surface area contributed by atoms with Crippen LogP contribution in [0.1, 0.15) is 62.5 Å². The number of carboxylic acid groups (broad SMARTS) is 1. The number of hydrogen-bond donors (Lipinski definition) is 1. The van der Waals surface area contributed by atoms with E-state index in [2.05, 4.69) is 29.7 Å². The van der Waals surface area contributed by atoms with Crippen molar-refractivity contribution in [3.8, 4) is 0 Å². The van der Waals surface area contributed by atoms with Gasteiger partial charge in [0.2, 0.25) is 0 Å². The van der Waals surface area contributed by atoms with Gasteiger partial charge in [-0.3, -0.25) is 14.5 Å². The summed E-state index contributed by atoms with van der Waals surface area (Å²) >= 11 is 1.05. The maximum absolute atomic E-state index is 12.6. The molecule has 1 atom stereocenters. The summed E-state index contributed by atoms with van der Waals surface area (Å²) in [5.74, 6) is -1.59. The molecular formula is C26H34N2O5S. The summed E-state index contributed by atoms with van der Waals surface area (Å²) in [4.78, 5) is 36.9. The molecule has 184 valence electrons. The van der Waals surface area contributed by atoms with E-state index in [9.17, 15) is 19.6 Å². The normalized spacial score (nSPS) is 16.3. The van der Waals surface area contributed by atoms with Gasteiger partial charge in [0.15, 0.2) is 0 Å². The maximum atomic E-state index is 12.6. The SMILES string of the molecule is Cc1ccc2cc([C@H](C)C(=O)OCCCN(CC(=O)O)CC3(SN=O)CCCCC3)ccc2c1. The topological polar surface area (TPSA) is 96.3 Å². The highest BCUT2D eigenvalue weighted by Crippen LogP contribution is 2.41. The van der Waals surface area contributed by atoms with Crippen molar-refractivity contribution in [2.24, 2.45) is 4.58 Å². The zero-order chi connectivity index (χ0) is 24.6. The second kappa shape index (κ2) is 12.3. The van der Waals surface area contributed by atoms with Gasteiger partial charge in [0.1, 0.15) is 0 Å². The number of nitroso groups, excluding NO2 is 1. The maximum Gasteiger partial charge on any atom is 0.317 e. The number of hydrogen-bond acceptors (Lipinski definition) is 7. The number of carbonyl (C=O) groups excluding carboxylic acids is 1. The summed E-state index contributed by atoms with van der Waals surface area (Å²) < 4.78 is 8.27. The van der Waals surface area contributed by atoms with Crippen molar-refractivity contribution >= 4 is 34.7 Å². The molecule has 0 unspecified atom stereocenters. The first kappa shape index (κ1) is 26.2. The van der Waals surface area contributed by atoms with Crippen molar-refractivity contribution in [3.63, 3.8) is 0 Å². The molecule has 0 amide bonds. The molecule has 0 bridgehead atoms. The van der Waals surface area contributed by atoms with E-state index in [-0.39, 0.29) is 29.8 Å². The van der Waals surface area contributed by atoms with Crippen LogP contribution >= 0.6 is 11.9 Å². The van der Waals surface area contributed by atoms with E-state index >= 15 is 0 Å². The minimum Gasteiger partial charge on any atom is -0.480 e. The Morgan fingerprint density at radius 2 is 1.85 bits per heavy atom. The fraction of sp³-hybridized carbons (Fsp3) is 0.538. The number of carbonyl (C=O) groups is 2. The minimum atomic E-state index is -0.910. The average Bonchev–Trinajstić information content (AvgIpc) is 2.81. The summed E-state index contributed by atoms with van der Waals surface area (Å²) in [6.45, 7) is 4.98. The number of ether oxygens (including phenoxy) is 1. The summed E-state index contributed by atoms with van der Waals surface area (Å²) in [7, 11) is 0. The van der Waals surface area contributed by atoms with Gasteiger partial charge in [0.25, 0.3) is 0 Å². The van der Waals surface area contributed by atoms with Gasteiger partial charge in [0.05, 0.1) is 23.8 Å². The van der Waals surface area contributed by atoms with Gasteiger partial charge in [0, 0.05) is 29.6 Å². The molecule has 2 aromatic carbocycles. The van der Waals surface area contributed by atoms with Crippen LogP contribution in [0, 0.1) is 11.8 Å². The number of carboxylic acids is 1. The van der Waals surface area contributed by atoms with Gasteiger partial charge in [-0.15, -0.1) is 4.91 Å². The second-order valence-electron chi connectivity index (χ2n) is 9.37. The number of nitrogens with zero attached hydrogens (tertiary/aromatic N) is 2. The number of aryl methyl sites for hydroxylation is 1. The van der Waals surface area contributed by atoms with Crippen LogP contribution in [-0.4, -0.2) is 52.9 Å². The average molecular weight is 487 g/mol. The third-order valence-electron chi connectivity index (χ3n) is 6.60. The summed E-state index contributed by atoms with van der Waals surface area (Å²) in [5, 5.41) is 11.6. The lowest BCUT2D eigenvalue weighted by molar-refractivity contribution is -0.145. The number of fused-ring (bicyclic) bond motifs is 1. The third kappa shape index (κ3) is 7.27. The Morgan fingerprint density at radius 3 is 2.56 bits per heavy atom. The Kier molecular flexibility index (Phi) is 9.47. The number of esters is 1. The first-order valence-electron chi connectivity index (χ1n) is 11.9. The smallest absolute Gasteiger partial charge is 0.317 e. The zero-order valence-corrected chi connectivity index (χ0v) is 20.8. The third-order valence-corrected chi connectivity index (χ3v) is 7.60. The van der Waals surface area contributed by atoms with E-state index in [0.717, 1.165) is 60.4 Å². The van der Waals surface area contributed by atoms with E-state index in [1.807, 2.05) is 30.0 Å². The molecule has 1 aliphatic rings. The Bertz CT molecular complexity index is 1010. The van der Waals surface area contributed by atoms with Gasteiger partial charge >= 0.3 is 11.9 Å². The molecule has 2 aromatic rings. The van der Waals surface area contributed by atoms with E-state index in [0.29, 0.717) is 19.5 Å². The minimum absolute atomic E-state index is 0.109. The predicted molar refractivity (Wildman–Crippen MR) is 136 cm³/mol. The van der Waals surface area contributed by atoms with Crippen molar-refractivity contribution in [2.75, 3.05) is 26.2 Å². The molecule has 0 heterocycles. The second-order valence-corrected chi connectivity index (χ2v) is 10.6. The van der Waals surface area contributed by atoms with Gasteiger partial charge in [-0.05, 0) is 49.4 Å². The van der Waals surface area contributed by atoms with Crippen LogP contribution in [0.2, 0.25) is 0 Å². The van der Waals surface area contributed by atoms with Crippen molar-refractivity contribution in [1.82, 2.24) is 4.90 Å². The van der Waals surface area contributed by atoms with E-state index < -0.39 is 5.97 Å². The highest BCUT2D eigenvalue weighted by Gasteiger charge is 2.36. The summed E-state index contributed by atoms with van der Waals surface area (Å²) in [6, 6.07) is 12.2. The number of benzene rings is 2. The van der Waals surface area contributed by atoms with Crippen LogP contribution in [0.15, 0.2) is 41.0 Å².